The fraction of sp³-hybridized carbons (Fsp3) is 0.182. The number of halogens is 1. The van der Waals surface area contributed by atoms with Crippen molar-refractivity contribution in [2.45, 2.75) is 26.3 Å². The summed E-state index contributed by atoms with van der Waals surface area (Å²) >= 11 is 6.20. The van der Waals surface area contributed by atoms with E-state index in [4.69, 9.17) is 21.6 Å². The van der Waals surface area contributed by atoms with Crippen molar-refractivity contribution < 1.29 is 19.7 Å². The van der Waals surface area contributed by atoms with Crippen LogP contribution in [-0.4, -0.2) is 20.6 Å². The SMILES string of the molecule is Cc1c(C=C2Oc3cc(O)cc(O)c3C2=O)c2cc(Cl)ccc2n1CCCC#N. The lowest BCUT2D eigenvalue weighted by Crippen LogP contribution is -2.01. The molecule has 0 spiro atoms. The number of carbonyl (C=O) groups excluding carboxylic acids is 1. The van der Waals surface area contributed by atoms with E-state index in [0.717, 1.165) is 28.2 Å². The number of unbranched alkanes of at least 4 members (excludes halogenated alkanes) is 1. The van der Waals surface area contributed by atoms with Crippen LogP contribution in [0, 0.1) is 18.3 Å². The minimum Gasteiger partial charge on any atom is -0.508 e. The van der Waals surface area contributed by atoms with Gasteiger partial charge in [-0.15, -0.1) is 0 Å². The van der Waals surface area contributed by atoms with Gasteiger partial charge in [0, 0.05) is 52.3 Å². The summed E-state index contributed by atoms with van der Waals surface area (Å²) in [6.45, 7) is 2.59. The molecule has 0 bridgehead atoms. The second kappa shape index (κ2) is 7.19. The zero-order chi connectivity index (χ0) is 20.7. The topological polar surface area (TPSA) is 95.5 Å². The van der Waals surface area contributed by atoms with Gasteiger partial charge in [-0.1, -0.05) is 11.6 Å². The minimum absolute atomic E-state index is 0.0301. The molecular weight excluding hydrogens is 392 g/mol. The molecule has 0 unspecified atom stereocenters. The zero-order valence-electron chi connectivity index (χ0n) is 15.6. The molecule has 0 atom stereocenters. The quantitative estimate of drug-likeness (QED) is 0.471. The maximum absolute atomic E-state index is 12.8. The Hall–Kier alpha value is -3.43. The highest BCUT2D eigenvalue weighted by Crippen LogP contribution is 2.41. The van der Waals surface area contributed by atoms with Crippen molar-refractivity contribution in [3.63, 3.8) is 0 Å². The van der Waals surface area contributed by atoms with Crippen molar-refractivity contribution in [2.75, 3.05) is 0 Å². The molecule has 2 N–H and O–H groups in total. The number of carbonyl (C=O) groups is 1. The van der Waals surface area contributed by atoms with Gasteiger partial charge in [0.05, 0.1) is 6.07 Å². The Morgan fingerprint density at radius 2 is 2.07 bits per heavy atom. The Morgan fingerprint density at radius 1 is 1.28 bits per heavy atom. The molecule has 7 heteroatoms. The van der Waals surface area contributed by atoms with Crippen molar-refractivity contribution in [1.82, 2.24) is 4.57 Å². The molecule has 0 fully saturated rings. The lowest BCUT2D eigenvalue weighted by Gasteiger charge is -2.07. The van der Waals surface area contributed by atoms with E-state index in [1.807, 2.05) is 19.1 Å². The average Bonchev–Trinajstić information content (AvgIpc) is 3.11. The van der Waals surface area contributed by atoms with E-state index >= 15 is 0 Å². The number of hydrogen-bond acceptors (Lipinski definition) is 5. The maximum atomic E-state index is 12.8. The van der Waals surface area contributed by atoms with Crippen LogP contribution >= 0.6 is 11.6 Å². The predicted molar refractivity (Wildman–Crippen MR) is 109 cm³/mol. The maximum Gasteiger partial charge on any atom is 0.235 e. The first-order chi connectivity index (χ1) is 13.9. The number of rotatable bonds is 4. The monoisotopic (exact) mass is 408 g/mol. The summed E-state index contributed by atoms with van der Waals surface area (Å²) in [5, 5.41) is 29.9. The predicted octanol–water partition coefficient (Wildman–Crippen LogP) is 4.93. The first kappa shape index (κ1) is 18.9. The molecule has 0 aliphatic carbocycles. The number of benzene rings is 2. The standard InChI is InChI=1S/C22H17ClN2O4/c1-12-15(11-20-22(28)21-18(27)9-14(26)10-19(21)29-20)16-8-13(23)4-5-17(16)25(12)7-3-2-6-24/h4-5,8-11,26-27H,2-3,7H2,1H3. The number of aryl methyl sites for hydroxylation is 1. The fourth-order valence-corrected chi connectivity index (χ4v) is 3.85. The molecule has 4 rings (SSSR count). The summed E-state index contributed by atoms with van der Waals surface area (Å²) in [7, 11) is 0. The highest BCUT2D eigenvalue weighted by molar-refractivity contribution is 6.31. The van der Waals surface area contributed by atoms with E-state index in [0.29, 0.717) is 24.4 Å². The van der Waals surface area contributed by atoms with Gasteiger partial charge in [-0.05, 0) is 37.6 Å². The number of phenols is 2. The van der Waals surface area contributed by atoms with Crippen LogP contribution in [-0.2, 0) is 6.54 Å². The van der Waals surface area contributed by atoms with Gasteiger partial charge in [-0.25, -0.2) is 0 Å². The van der Waals surface area contributed by atoms with Crippen molar-refractivity contribution in [1.29, 1.82) is 5.26 Å². The number of nitriles is 1. The number of allylic oxidation sites excluding steroid dienone is 1. The molecule has 0 amide bonds. The van der Waals surface area contributed by atoms with Crippen molar-refractivity contribution in [2.24, 2.45) is 0 Å². The van der Waals surface area contributed by atoms with Gasteiger partial charge < -0.3 is 19.5 Å². The third kappa shape index (κ3) is 3.20. The summed E-state index contributed by atoms with van der Waals surface area (Å²) in [6, 6.07) is 10.1. The number of ketones is 1. The van der Waals surface area contributed by atoms with E-state index in [-0.39, 0.29) is 28.6 Å². The molecule has 0 saturated heterocycles. The zero-order valence-corrected chi connectivity index (χ0v) is 16.3. The molecule has 6 nitrogen and oxygen atoms in total. The first-order valence-corrected chi connectivity index (χ1v) is 9.44. The highest BCUT2D eigenvalue weighted by atomic mass is 35.5. The second-order valence-corrected chi connectivity index (χ2v) is 7.29. The number of fused-ring (bicyclic) bond motifs is 2. The van der Waals surface area contributed by atoms with Crippen LogP contribution < -0.4 is 4.74 Å². The van der Waals surface area contributed by atoms with E-state index in [1.165, 1.54) is 6.07 Å². The molecular formula is C22H17ClN2O4. The lowest BCUT2D eigenvalue weighted by atomic mass is 10.1. The van der Waals surface area contributed by atoms with Gasteiger partial charge in [0.2, 0.25) is 5.78 Å². The highest BCUT2D eigenvalue weighted by Gasteiger charge is 2.32. The van der Waals surface area contributed by atoms with Gasteiger partial charge in [0.25, 0.3) is 0 Å². The van der Waals surface area contributed by atoms with Gasteiger partial charge >= 0.3 is 0 Å². The molecule has 2 heterocycles. The molecule has 1 aliphatic heterocycles. The largest absolute Gasteiger partial charge is 0.508 e. The Bertz CT molecular complexity index is 1230. The Kier molecular flexibility index (Phi) is 4.69. The van der Waals surface area contributed by atoms with Crippen LogP contribution in [0.25, 0.3) is 17.0 Å². The van der Waals surface area contributed by atoms with Gasteiger partial charge in [0.1, 0.15) is 22.8 Å². The van der Waals surface area contributed by atoms with Crippen LogP contribution in [0.1, 0.15) is 34.5 Å². The third-order valence-electron chi connectivity index (χ3n) is 5.02. The van der Waals surface area contributed by atoms with Crippen molar-refractivity contribution >= 4 is 34.4 Å². The number of aromatic nitrogens is 1. The third-order valence-corrected chi connectivity index (χ3v) is 5.25. The van der Waals surface area contributed by atoms with Crippen molar-refractivity contribution in [3.05, 3.63) is 57.9 Å². The van der Waals surface area contributed by atoms with E-state index < -0.39 is 5.78 Å². The smallest absolute Gasteiger partial charge is 0.235 e. The Morgan fingerprint density at radius 3 is 2.83 bits per heavy atom. The van der Waals surface area contributed by atoms with Crippen LogP contribution in [0.5, 0.6) is 17.2 Å². The number of aromatic hydroxyl groups is 2. The first-order valence-electron chi connectivity index (χ1n) is 9.06. The number of hydrogen-bond donors (Lipinski definition) is 2. The van der Waals surface area contributed by atoms with Gasteiger partial charge in [-0.2, -0.15) is 5.26 Å². The fourth-order valence-electron chi connectivity index (χ4n) is 3.68. The van der Waals surface area contributed by atoms with E-state index in [1.54, 1.807) is 12.1 Å². The van der Waals surface area contributed by atoms with Crippen LogP contribution in [0.3, 0.4) is 0 Å². The number of Topliss-reactive ketones (excluding diaryl/α,β-unsaturated/α-hetero) is 1. The number of phenolic OH excluding ortho intramolecular Hbond substituents is 2. The van der Waals surface area contributed by atoms with Gasteiger partial charge in [0.15, 0.2) is 5.76 Å². The molecule has 146 valence electrons. The molecule has 29 heavy (non-hydrogen) atoms. The number of ether oxygens (including phenoxy) is 1. The molecule has 2 aromatic carbocycles. The summed E-state index contributed by atoms with van der Waals surface area (Å²) in [6.07, 6.45) is 2.78. The lowest BCUT2D eigenvalue weighted by molar-refractivity contribution is 0.101. The Labute approximate surface area is 171 Å². The minimum atomic E-state index is -0.454. The van der Waals surface area contributed by atoms with Crippen LogP contribution in [0.4, 0.5) is 0 Å². The number of nitrogens with zero attached hydrogens (tertiary/aromatic N) is 2. The van der Waals surface area contributed by atoms with Crippen LogP contribution in [0.2, 0.25) is 5.02 Å². The molecule has 1 aromatic heterocycles. The van der Waals surface area contributed by atoms with Crippen molar-refractivity contribution in [3.8, 4) is 23.3 Å². The van der Waals surface area contributed by atoms with E-state index in [9.17, 15) is 15.0 Å². The average molecular weight is 409 g/mol. The van der Waals surface area contributed by atoms with Gasteiger partial charge in [-0.3, -0.25) is 4.79 Å². The van der Waals surface area contributed by atoms with Crippen LogP contribution in [0.15, 0.2) is 36.1 Å². The summed E-state index contributed by atoms with van der Waals surface area (Å²) < 4.78 is 7.72. The summed E-state index contributed by atoms with van der Waals surface area (Å²) in [5.74, 6) is -0.795. The molecule has 1 aliphatic rings. The Balaban J connectivity index is 1.83. The normalized spacial score (nSPS) is 14.2. The molecule has 0 saturated carbocycles. The second-order valence-electron chi connectivity index (χ2n) is 6.85. The van der Waals surface area contributed by atoms with E-state index in [2.05, 4.69) is 10.6 Å². The summed E-state index contributed by atoms with van der Waals surface area (Å²) in [4.78, 5) is 12.8. The summed E-state index contributed by atoms with van der Waals surface area (Å²) in [5.41, 5.74) is 2.66. The molecule has 0 radical (unpaired) electrons. The molecule has 3 aromatic rings.